The number of carbonyl (C=O) groups excluding carboxylic acids is 1. The first-order valence-corrected chi connectivity index (χ1v) is 7.41. The van der Waals surface area contributed by atoms with Gasteiger partial charge in [-0.3, -0.25) is 0 Å². The van der Waals surface area contributed by atoms with E-state index in [-0.39, 0.29) is 16.1 Å². The summed E-state index contributed by atoms with van der Waals surface area (Å²) in [6.07, 6.45) is 0. The molecule has 9 heteroatoms. The molecule has 0 heterocycles. The number of anilines is 1. The molecule has 0 aliphatic carbocycles. The predicted molar refractivity (Wildman–Crippen MR) is 75.1 cm³/mol. The summed E-state index contributed by atoms with van der Waals surface area (Å²) in [5.74, 6) is -0.644. The zero-order chi connectivity index (χ0) is 16.3. The quantitative estimate of drug-likeness (QED) is 0.393. The van der Waals surface area contributed by atoms with Crippen LogP contribution in [0.2, 0.25) is 0 Å². The maximum atomic E-state index is 12.2. The van der Waals surface area contributed by atoms with Gasteiger partial charge in [0.15, 0.2) is 0 Å². The van der Waals surface area contributed by atoms with Gasteiger partial charge in [0.25, 0.3) is 0 Å². The van der Waals surface area contributed by atoms with Crippen molar-refractivity contribution in [3.8, 4) is 0 Å². The van der Waals surface area contributed by atoms with Gasteiger partial charge in [-0.05, 0) is 25.1 Å². The molecule has 0 bridgehead atoms. The number of esters is 1. The van der Waals surface area contributed by atoms with E-state index in [1.165, 1.54) is 26.2 Å². The number of ether oxygens (including phenoxy) is 1. The lowest BCUT2D eigenvalue weighted by Crippen LogP contribution is -2.51. The average Bonchev–Trinajstić information content (AvgIpc) is 2.45. The standard InChI is InChI=1S/C12H18N2O6S/c1-12(6-15,7-16)14-21(18,19)10-4-3-8(5-9(10)13)11(17)20-2/h3-5,14-16H,6-7,13H2,1-2H3. The lowest BCUT2D eigenvalue weighted by Gasteiger charge is -2.26. The van der Waals surface area contributed by atoms with Gasteiger partial charge in [0.2, 0.25) is 10.0 Å². The number of sulfonamides is 1. The van der Waals surface area contributed by atoms with Crippen LogP contribution < -0.4 is 10.5 Å². The summed E-state index contributed by atoms with van der Waals surface area (Å²) in [7, 11) is -2.88. The van der Waals surface area contributed by atoms with Crippen LogP contribution in [-0.2, 0) is 14.8 Å². The van der Waals surface area contributed by atoms with Gasteiger partial charge >= 0.3 is 5.97 Å². The van der Waals surface area contributed by atoms with Crippen molar-refractivity contribution in [2.75, 3.05) is 26.1 Å². The summed E-state index contributed by atoms with van der Waals surface area (Å²) in [6.45, 7) is 0.148. The van der Waals surface area contributed by atoms with Gasteiger partial charge in [-0.1, -0.05) is 0 Å². The highest BCUT2D eigenvalue weighted by Gasteiger charge is 2.30. The van der Waals surface area contributed by atoms with E-state index in [1.54, 1.807) is 0 Å². The Hall–Kier alpha value is -1.68. The molecule has 21 heavy (non-hydrogen) atoms. The predicted octanol–water partition coefficient (Wildman–Crippen LogP) is -0.923. The van der Waals surface area contributed by atoms with Gasteiger partial charge in [0.05, 0.1) is 37.1 Å². The summed E-state index contributed by atoms with van der Waals surface area (Å²) < 4.78 is 31.1. The van der Waals surface area contributed by atoms with Crippen LogP contribution in [0.4, 0.5) is 5.69 Å². The van der Waals surface area contributed by atoms with E-state index in [0.29, 0.717) is 0 Å². The lowest BCUT2D eigenvalue weighted by molar-refractivity contribution is 0.0600. The van der Waals surface area contributed by atoms with E-state index in [2.05, 4.69) is 9.46 Å². The third kappa shape index (κ3) is 3.91. The number of nitrogens with two attached hydrogens (primary N) is 1. The third-order valence-electron chi connectivity index (χ3n) is 2.80. The fourth-order valence-corrected chi connectivity index (χ4v) is 3.04. The molecule has 0 aliphatic rings. The Balaban J connectivity index is 3.18. The van der Waals surface area contributed by atoms with E-state index < -0.39 is 34.7 Å². The molecule has 0 amide bonds. The SMILES string of the molecule is COC(=O)c1ccc(S(=O)(=O)NC(C)(CO)CO)c(N)c1. The lowest BCUT2D eigenvalue weighted by atomic mass is 10.1. The van der Waals surface area contributed by atoms with Crippen LogP contribution in [0.1, 0.15) is 17.3 Å². The van der Waals surface area contributed by atoms with Crippen LogP contribution in [0, 0.1) is 0 Å². The first-order valence-electron chi connectivity index (χ1n) is 5.92. The number of benzene rings is 1. The molecule has 0 aliphatic heterocycles. The number of hydrogen-bond acceptors (Lipinski definition) is 7. The van der Waals surface area contributed by atoms with Crippen LogP contribution in [-0.4, -0.2) is 50.5 Å². The van der Waals surface area contributed by atoms with Crippen LogP contribution in [0.15, 0.2) is 23.1 Å². The van der Waals surface area contributed by atoms with E-state index in [4.69, 9.17) is 15.9 Å². The Morgan fingerprint density at radius 1 is 1.38 bits per heavy atom. The van der Waals surface area contributed by atoms with Crippen molar-refractivity contribution < 1.29 is 28.2 Å². The first-order chi connectivity index (χ1) is 9.69. The van der Waals surface area contributed by atoms with E-state index >= 15 is 0 Å². The minimum absolute atomic E-state index is 0.112. The van der Waals surface area contributed by atoms with Gasteiger partial charge in [0.1, 0.15) is 4.90 Å². The second-order valence-electron chi connectivity index (χ2n) is 4.73. The zero-order valence-electron chi connectivity index (χ0n) is 11.7. The molecule has 8 nitrogen and oxygen atoms in total. The molecule has 1 rings (SSSR count). The first kappa shape index (κ1) is 17.4. The Bertz CT molecular complexity index is 625. The number of nitrogen functional groups attached to an aromatic ring is 1. The second-order valence-corrected chi connectivity index (χ2v) is 6.38. The number of aliphatic hydroxyl groups is 2. The highest BCUT2D eigenvalue weighted by atomic mass is 32.2. The molecular formula is C12H18N2O6S. The minimum atomic E-state index is -4.07. The number of rotatable bonds is 6. The third-order valence-corrected chi connectivity index (χ3v) is 4.51. The van der Waals surface area contributed by atoms with Crippen LogP contribution in [0.3, 0.4) is 0 Å². The van der Waals surface area contributed by atoms with Crippen LogP contribution >= 0.6 is 0 Å². The largest absolute Gasteiger partial charge is 0.465 e. The topological polar surface area (TPSA) is 139 Å². The molecular weight excluding hydrogens is 300 g/mol. The number of hydrogen-bond donors (Lipinski definition) is 4. The maximum Gasteiger partial charge on any atom is 0.337 e. The monoisotopic (exact) mass is 318 g/mol. The fraction of sp³-hybridized carbons (Fsp3) is 0.417. The second kappa shape index (κ2) is 6.39. The molecule has 118 valence electrons. The molecule has 1 aromatic rings. The smallest absolute Gasteiger partial charge is 0.337 e. The van der Waals surface area contributed by atoms with Gasteiger partial charge in [-0.15, -0.1) is 0 Å². The summed E-state index contributed by atoms with van der Waals surface area (Å²) in [4.78, 5) is 11.1. The van der Waals surface area contributed by atoms with Gasteiger partial charge in [-0.25, -0.2) is 17.9 Å². The molecule has 0 radical (unpaired) electrons. The molecule has 0 fully saturated rings. The Kier molecular flexibility index (Phi) is 5.29. The summed E-state index contributed by atoms with van der Waals surface area (Å²) in [5.41, 5.74) is 4.19. The van der Waals surface area contributed by atoms with E-state index in [0.717, 1.165) is 6.07 Å². The number of methoxy groups -OCH3 is 1. The number of carbonyl (C=O) groups is 1. The fourth-order valence-electron chi connectivity index (χ4n) is 1.53. The van der Waals surface area contributed by atoms with Gasteiger partial charge < -0.3 is 20.7 Å². The van der Waals surface area contributed by atoms with Crippen molar-refractivity contribution in [3.05, 3.63) is 23.8 Å². The molecule has 0 spiro atoms. The summed E-state index contributed by atoms with van der Waals surface area (Å²) in [6, 6.07) is 3.58. The summed E-state index contributed by atoms with van der Waals surface area (Å²) >= 11 is 0. The van der Waals surface area contributed by atoms with Crippen molar-refractivity contribution in [1.82, 2.24) is 4.72 Å². The normalized spacial score (nSPS) is 12.2. The number of nitrogens with one attached hydrogen (secondary N) is 1. The highest BCUT2D eigenvalue weighted by molar-refractivity contribution is 7.89. The van der Waals surface area contributed by atoms with Gasteiger partial charge in [0, 0.05) is 0 Å². The molecule has 0 atom stereocenters. The van der Waals surface area contributed by atoms with Crippen molar-refractivity contribution in [2.45, 2.75) is 17.4 Å². The van der Waals surface area contributed by atoms with Crippen molar-refractivity contribution in [2.24, 2.45) is 0 Å². The van der Waals surface area contributed by atoms with Crippen molar-refractivity contribution >= 4 is 21.7 Å². The van der Waals surface area contributed by atoms with Gasteiger partial charge in [-0.2, -0.15) is 0 Å². The van der Waals surface area contributed by atoms with E-state index in [9.17, 15) is 13.2 Å². The van der Waals surface area contributed by atoms with Crippen LogP contribution in [0.5, 0.6) is 0 Å². The maximum absolute atomic E-state index is 12.2. The number of aliphatic hydroxyl groups excluding tert-OH is 2. The minimum Gasteiger partial charge on any atom is -0.465 e. The Labute approximate surface area is 122 Å². The van der Waals surface area contributed by atoms with Crippen molar-refractivity contribution in [1.29, 1.82) is 0 Å². The molecule has 0 saturated heterocycles. The molecule has 5 N–H and O–H groups in total. The molecule has 0 aromatic heterocycles. The van der Waals surface area contributed by atoms with E-state index in [1.807, 2.05) is 0 Å². The average molecular weight is 318 g/mol. The highest BCUT2D eigenvalue weighted by Crippen LogP contribution is 2.21. The molecule has 1 aromatic carbocycles. The molecule has 0 saturated carbocycles. The Morgan fingerprint density at radius 2 is 1.95 bits per heavy atom. The van der Waals surface area contributed by atoms with Crippen LogP contribution in [0.25, 0.3) is 0 Å². The van der Waals surface area contributed by atoms with Crippen molar-refractivity contribution in [3.63, 3.8) is 0 Å². The molecule has 0 unspecified atom stereocenters. The summed E-state index contributed by atoms with van der Waals surface area (Å²) in [5, 5.41) is 18.3. The zero-order valence-corrected chi connectivity index (χ0v) is 12.5. The Morgan fingerprint density at radius 3 is 2.38 bits per heavy atom.